The lowest BCUT2D eigenvalue weighted by Crippen LogP contribution is -2.43. The minimum absolute atomic E-state index is 0.00874. The highest BCUT2D eigenvalue weighted by molar-refractivity contribution is 6.30. The third-order valence-corrected chi connectivity index (χ3v) is 4.96. The molecule has 2 aromatic carbocycles. The van der Waals surface area contributed by atoms with Gasteiger partial charge in [0, 0.05) is 11.1 Å². The largest absolute Gasteiger partial charge is 0.352 e. The number of para-hydroxylation sites is 1. The number of carbonyl (C=O) groups is 1. The zero-order chi connectivity index (χ0) is 20.3. The van der Waals surface area contributed by atoms with E-state index in [1.807, 2.05) is 13.8 Å². The lowest BCUT2D eigenvalue weighted by molar-refractivity contribution is -0.122. The van der Waals surface area contributed by atoms with Crippen molar-refractivity contribution in [1.29, 1.82) is 0 Å². The number of nitrogens with one attached hydrogen (secondary N) is 1. The average Bonchev–Trinajstić information content (AvgIpc) is 2.69. The third-order valence-electron chi connectivity index (χ3n) is 4.71. The van der Waals surface area contributed by atoms with Crippen LogP contribution in [-0.2, 0) is 17.9 Å². The van der Waals surface area contributed by atoms with E-state index in [1.165, 1.54) is 4.57 Å². The van der Waals surface area contributed by atoms with Gasteiger partial charge >= 0.3 is 5.69 Å². The maximum absolute atomic E-state index is 13.1. The molecule has 1 amide bonds. The second kappa shape index (κ2) is 8.44. The molecule has 28 heavy (non-hydrogen) atoms. The van der Waals surface area contributed by atoms with Gasteiger partial charge in [0.25, 0.3) is 5.56 Å². The molecule has 0 aliphatic carbocycles. The van der Waals surface area contributed by atoms with Crippen LogP contribution in [-0.4, -0.2) is 21.1 Å². The summed E-state index contributed by atoms with van der Waals surface area (Å²) < 4.78 is 2.51. The van der Waals surface area contributed by atoms with E-state index in [9.17, 15) is 14.4 Å². The van der Waals surface area contributed by atoms with Gasteiger partial charge in [-0.05, 0) is 43.2 Å². The highest BCUT2D eigenvalue weighted by Crippen LogP contribution is 2.11. The fourth-order valence-electron chi connectivity index (χ4n) is 3.00. The number of hydrogen-bond donors (Lipinski definition) is 1. The molecule has 0 spiro atoms. The predicted octanol–water partition coefficient (Wildman–Crippen LogP) is 2.78. The summed E-state index contributed by atoms with van der Waals surface area (Å²) in [5.41, 5.74) is 0.325. The molecule has 3 rings (SSSR count). The molecule has 7 heteroatoms. The fraction of sp³-hybridized carbons (Fsp3) is 0.286. The van der Waals surface area contributed by atoms with Gasteiger partial charge in [0.15, 0.2) is 0 Å². The Hall–Kier alpha value is -2.86. The minimum Gasteiger partial charge on any atom is -0.352 e. The van der Waals surface area contributed by atoms with Crippen molar-refractivity contribution in [2.75, 3.05) is 0 Å². The molecule has 1 aromatic heterocycles. The van der Waals surface area contributed by atoms with Crippen molar-refractivity contribution in [3.63, 3.8) is 0 Å². The van der Waals surface area contributed by atoms with Gasteiger partial charge < -0.3 is 5.32 Å². The number of nitrogens with zero attached hydrogens (tertiary/aromatic N) is 2. The average molecular weight is 400 g/mol. The van der Waals surface area contributed by atoms with Crippen molar-refractivity contribution in [3.05, 3.63) is 80.0 Å². The van der Waals surface area contributed by atoms with Crippen molar-refractivity contribution in [2.24, 2.45) is 0 Å². The van der Waals surface area contributed by atoms with Crippen LogP contribution < -0.4 is 16.6 Å². The Bertz CT molecular complexity index is 1120. The van der Waals surface area contributed by atoms with E-state index in [0.717, 1.165) is 16.6 Å². The fourth-order valence-corrected chi connectivity index (χ4v) is 3.13. The SMILES string of the molecule is CCC(C)NC(=O)Cn1c(=O)n(Cc2ccc(Cl)cc2)c(=O)c2ccccc21. The molecule has 1 heterocycles. The van der Waals surface area contributed by atoms with Gasteiger partial charge in [-0.2, -0.15) is 0 Å². The molecule has 1 atom stereocenters. The van der Waals surface area contributed by atoms with Crippen LogP contribution >= 0.6 is 11.6 Å². The topological polar surface area (TPSA) is 73.1 Å². The van der Waals surface area contributed by atoms with E-state index in [1.54, 1.807) is 48.5 Å². The highest BCUT2D eigenvalue weighted by Gasteiger charge is 2.16. The van der Waals surface area contributed by atoms with Crippen LogP contribution in [0.1, 0.15) is 25.8 Å². The van der Waals surface area contributed by atoms with Gasteiger partial charge in [-0.15, -0.1) is 0 Å². The zero-order valence-electron chi connectivity index (χ0n) is 15.8. The Labute approximate surface area is 167 Å². The number of rotatable bonds is 6. The summed E-state index contributed by atoms with van der Waals surface area (Å²) in [5, 5.41) is 3.83. The molecule has 0 saturated carbocycles. The summed E-state index contributed by atoms with van der Waals surface area (Å²) >= 11 is 5.91. The number of benzene rings is 2. The van der Waals surface area contributed by atoms with Crippen LogP contribution in [0.25, 0.3) is 10.9 Å². The number of fused-ring (bicyclic) bond motifs is 1. The second-order valence-electron chi connectivity index (χ2n) is 6.78. The summed E-state index contributed by atoms with van der Waals surface area (Å²) in [6.07, 6.45) is 0.789. The number of aromatic nitrogens is 2. The molecule has 0 fully saturated rings. The van der Waals surface area contributed by atoms with Crippen molar-refractivity contribution in [3.8, 4) is 0 Å². The van der Waals surface area contributed by atoms with Crippen LogP contribution in [0.3, 0.4) is 0 Å². The molecule has 0 radical (unpaired) electrons. The summed E-state index contributed by atoms with van der Waals surface area (Å²) in [6.45, 7) is 3.83. The van der Waals surface area contributed by atoms with Crippen molar-refractivity contribution >= 4 is 28.4 Å². The van der Waals surface area contributed by atoms with E-state index in [-0.39, 0.29) is 30.6 Å². The number of halogens is 1. The molecule has 0 saturated heterocycles. The zero-order valence-corrected chi connectivity index (χ0v) is 16.6. The molecule has 3 aromatic rings. The van der Waals surface area contributed by atoms with Crippen molar-refractivity contribution in [1.82, 2.24) is 14.5 Å². The van der Waals surface area contributed by atoms with Crippen LogP contribution in [0.4, 0.5) is 0 Å². The summed E-state index contributed by atoms with van der Waals surface area (Å²) in [7, 11) is 0. The van der Waals surface area contributed by atoms with Gasteiger partial charge in [-0.25, -0.2) is 4.79 Å². The van der Waals surface area contributed by atoms with Crippen LogP contribution in [0, 0.1) is 0 Å². The van der Waals surface area contributed by atoms with E-state index < -0.39 is 5.69 Å². The first-order valence-corrected chi connectivity index (χ1v) is 9.54. The Morgan fingerprint density at radius 1 is 1.07 bits per heavy atom. The third kappa shape index (κ3) is 4.17. The molecule has 0 bridgehead atoms. The quantitative estimate of drug-likeness (QED) is 0.692. The van der Waals surface area contributed by atoms with Crippen LogP contribution in [0.15, 0.2) is 58.1 Å². The summed E-state index contributed by atoms with van der Waals surface area (Å²) in [5.74, 6) is -0.265. The Balaban J connectivity index is 2.09. The number of carbonyl (C=O) groups excluding carboxylic acids is 1. The van der Waals surface area contributed by atoms with E-state index in [2.05, 4.69) is 5.32 Å². The Morgan fingerprint density at radius 3 is 2.43 bits per heavy atom. The molecule has 146 valence electrons. The molecule has 1 N–H and O–H groups in total. The van der Waals surface area contributed by atoms with Crippen molar-refractivity contribution in [2.45, 2.75) is 39.4 Å². The molecule has 0 aliphatic rings. The van der Waals surface area contributed by atoms with E-state index in [0.29, 0.717) is 15.9 Å². The molecular formula is C21H22ClN3O3. The normalized spacial score (nSPS) is 12.1. The Kier molecular flexibility index (Phi) is 5.99. The van der Waals surface area contributed by atoms with Crippen LogP contribution in [0.2, 0.25) is 5.02 Å². The van der Waals surface area contributed by atoms with E-state index >= 15 is 0 Å². The minimum atomic E-state index is -0.516. The van der Waals surface area contributed by atoms with E-state index in [4.69, 9.17) is 11.6 Å². The standard InChI is InChI=1S/C21H22ClN3O3/c1-3-14(2)23-19(26)13-24-18-7-5-4-6-17(18)20(27)25(21(24)28)12-15-8-10-16(22)11-9-15/h4-11,14H,3,12-13H2,1-2H3,(H,23,26). The van der Waals surface area contributed by atoms with Gasteiger partial charge in [0.1, 0.15) is 6.54 Å². The molecular weight excluding hydrogens is 378 g/mol. The number of amides is 1. The predicted molar refractivity (Wildman–Crippen MR) is 111 cm³/mol. The number of hydrogen-bond acceptors (Lipinski definition) is 3. The first-order chi connectivity index (χ1) is 13.4. The van der Waals surface area contributed by atoms with Gasteiger partial charge in [-0.3, -0.25) is 18.7 Å². The summed E-state index contributed by atoms with van der Waals surface area (Å²) in [4.78, 5) is 38.4. The maximum atomic E-state index is 13.1. The highest BCUT2D eigenvalue weighted by atomic mass is 35.5. The van der Waals surface area contributed by atoms with Crippen LogP contribution in [0.5, 0.6) is 0 Å². The first kappa shape index (κ1) is 19.9. The first-order valence-electron chi connectivity index (χ1n) is 9.17. The van der Waals surface area contributed by atoms with Gasteiger partial charge in [0.05, 0.1) is 17.4 Å². The molecule has 6 nitrogen and oxygen atoms in total. The van der Waals surface area contributed by atoms with Gasteiger partial charge in [-0.1, -0.05) is 42.8 Å². The summed E-state index contributed by atoms with van der Waals surface area (Å²) in [6, 6.07) is 13.8. The maximum Gasteiger partial charge on any atom is 0.332 e. The van der Waals surface area contributed by atoms with Crippen molar-refractivity contribution < 1.29 is 4.79 Å². The lowest BCUT2D eigenvalue weighted by atomic mass is 10.2. The second-order valence-corrected chi connectivity index (χ2v) is 7.22. The molecule has 0 aliphatic heterocycles. The lowest BCUT2D eigenvalue weighted by Gasteiger charge is -2.16. The van der Waals surface area contributed by atoms with Gasteiger partial charge in [0.2, 0.25) is 5.91 Å². The smallest absolute Gasteiger partial charge is 0.332 e. The monoisotopic (exact) mass is 399 g/mol. The molecule has 1 unspecified atom stereocenters. The Morgan fingerprint density at radius 2 is 1.75 bits per heavy atom.